The molecule has 33 heavy (non-hydrogen) atoms. The second kappa shape index (κ2) is 10.1. The lowest BCUT2D eigenvalue weighted by molar-refractivity contribution is 0.412. The molecule has 0 spiro atoms. The summed E-state index contributed by atoms with van der Waals surface area (Å²) >= 11 is 0. The van der Waals surface area contributed by atoms with E-state index in [1.165, 1.54) is 12.8 Å². The Balaban J connectivity index is 1.55. The van der Waals surface area contributed by atoms with Crippen LogP contribution in [0.5, 0.6) is 0 Å². The van der Waals surface area contributed by atoms with Gasteiger partial charge in [0.05, 0.1) is 17.1 Å². The third kappa shape index (κ3) is 5.71. The molecule has 2 heterocycles. The zero-order chi connectivity index (χ0) is 23.4. The fraction of sp³-hybridized carbons (Fsp3) is 0.423. The van der Waals surface area contributed by atoms with Crippen LogP contribution in [0.25, 0.3) is 10.9 Å². The molecule has 1 aliphatic rings. The molecule has 1 fully saturated rings. The van der Waals surface area contributed by atoms with Crippen LogP contribution in [0.4, 0.5) is 23.1 Å². The number of para-hydroxylation sites is 1. The SMILES string of the molecule is CC(C)CCC(C)N[C@H]1CCN(c2nc(Nc3cc(N)cc(C#N)c3)nc3ccccc23)C1. The Hall–Kier alpha value is -3.37. The quantitative estimate of drug-likeness (QED) is 0.429. The molecule has 1 saturated heterocycles. The van der Waals surface area contributed by atoms with E-state index in [9.17, 15) is 5.26 Å². The maximum absolute atomic E-state index is 9.25. The number of hydrogen-bond donors (Lipinski definition) is 3. The van der Waals surface area contributed by atoms with Gasteiger partial charge >= 0.3 is 0 Å². The maximum Gasteiger partial charge on any atom is 0.229 e. The second-order valence-corrected chi connectivity index (χ2v) is 9.44. The van der Waals surface area contributed by atoms with Gasteiger partial charge in [0.25, 0.3) is 0 Å². The van der Waals surface area contributed by atoms with E-state index in [0.29, 0.717) is 35.0 Å². The van der Waals surface area contributed by atoms with Crippen LogP contribution in [0.3, 0.4) is 0 Å². The lowest BCUT2D eigenvalue weighted by Crippen LogP contribution is -2.38. The summed E-state index contributed by atoms with van der Waals surface area (Å²) in [6.07, 6.45) is 3.53. The van der Waals surface area contributed by atoms with E-state index in [4.69, 9.17) is 15.7 Å². The number of nitrogen functional groups attached to an aromatic ring is 1. The van der Waals surface area contributed by atoms with E-state index in [1.54, 1.807) is 18.2 Å². The van der Waals surface area contributed by atoms with Gasteiger partial charge in [-0.05, 0) is 62.4 Å². The summed E-state index contributed by atoms with van der Waals surface area (Å²) in [6.45, 7) is 8.71. The third-order valence-electron chi connectivity index (χ3n) is 6.11. The van der Waals surface area contributed by atoms with Crippen molar-refractivity contribution in [2.45, 2.75) is 52.1 Å². The van der Waals surface area contributed by atoms with Crippen molar-refractivity contribution in [2.24, 2.45) is 5.92 Å². The largest absolute Gasteiger partial charge is 0.399 e. The van der Waals surface area contributed by atoms with Gasteiger partial charge in [-0.3, -0.25) is 0 Å². The van der Waals surface area contributed by atoms with Crippen LogP contribution in [-0.2, 0) is 0 Å². The first-order chi connectivity index (χ1) is 15.9. The molecule has 1 unspecified atom stereocenters. The van der Waals surface area contributed by atoms with Crippen molar-refractivity contribution in [3.8, 4) is 6.07 Å². The molecule has 0 radical (unpaired) electrons. The normalized spacial score (nSPS) is 16.8. The lowest BCUT2D eigenvalue weighted by Gasteiger charge is -2.23. The van der Waals surface area contributed by atoms with E-state index in [1.807, 2.05) is 18.2 Å². The minimum Gasteiger partial charge on any atom is -0.399 e. The van der Waals surface area contributed by atoms with Gasteiger partial charge in [0.2, 0.25) is 5.95 Å². The Morgan fingerprint density at radius 2 is 1.97 bits per heavy atom. The molecular formula is C26H33N7. The summed E-state index contributed by atoms with van der Waals surface area (Å²) in [5.41, 5.74) is 8.57. The van der Waals surface area contributed by atoms with Crippen molar-refractivity contribution >= 4 is 34.0 Å². The molecule has 0 amide bonds. The first-order valence-electron chi connectivity index (χ1n) is 11.8. The highest BCUT2D eigenvalue weighted by Crippen LogP contribution is 2.29. The molecule has 2 atom stereocenters. The number of fused-ring (bicyclic) bond motifs is 1. The summed E-state index contributed by atoms with van der Waals surface area (Å²) in [6, 6.07) is 16.4. The first kappa shape index (κ1) is 22.8. The number of rotatable bonds is 8. The van der Waals surface area contributed by atoms with Crippen LogP contribution in [0, 0.1) is 17.2 Å². The molecule has 4 rings (SSSR count). The summed E-state index contributed by atoms with van der Waals surface area (Å²) in [4.78, 5) is 11.9. The van der Waals surface area contributed by atoms with Crippen molar-refractivity contribution < 1.29 is 0 Å². The number of nitrogens with one attached hydrogen (secondary N) is 2. The summed E-state index contributed by atoms with van der Waals surface area (Å²) < 4.78 is 0. The van der Waals surface area contributed by atoms with Crippen LogP contribution in [-0.4, -0.2) is 35.1 Å². The molecule has 3 aromatic rings. The third-order valence-corrected chi connectivity index (χ3v) is 6.11. The van der Waals surface area contributed by atoms with Gasteiger partial charge < -0.3 is 21.3 Å². The molecule has 1 aromatic heterocycles. The van der Waals surface area contributed by atoms with Crippen molar-refractivity contribution in [1.29, 1.82) is 5.26 Å². The minimum absolute atomic E-state index is 0.449. The van der Waals surface area contributed by atoms with E-state index < -0.39 is 0 Å². The average Bonchev–Trinajstić information content (AvgIpc) is 3.25. The van der Waals surface area contributed by atoms with Gasteiger partial charge in [-0.25, -0.2) is 4.98 Å². The number of aromatic nitrogens is 2. The van der Waals surface area contributed by atoms with E-state index in [0.717, 1.165) is 42.1 Å². The number of benzene rings is 2. The highest BCUT2D eigenvalue weighted by molar-refractivity contribution is 5.91. The molecule has 0 aliphatic carbocycles. The van der Waals surface area contributed by atoms with Gasteiger partial charge in [-0.1, -0.05) is 26.0 Å². The summed E-state index contributed by atoms with van der Waals surface area (Å²) in [5.74, 6) is 2.17. The number of nitrogens with zero attached hydrogens (tertiary/aromatic N) is 4. The fourth-order valence-electron chi connectivity index (χ4n) is 4.43. The Morgan fingerprint density at radius 3 is 2.76 bits per heavy atom. The van der Waals surface area contributed by atoms with Gasteiger partial charge in [-0.2, -0.15) is 10.2 Å². The van der Waals surface area contributed by atoms with Crippen LogP contribution in [0.1, 0.15) is 45.6 Å². The summed E-state index contributed by atoms with van der Waals surface area (Å²) in [5, 5.41) is 17.4. The molecule has 0 bridgehead atoms. The minimum atomic E-state index is 0.449. The van der Waals surface area contributed by atoms with Gasteiger partial charge in [-0.15, -0.1) is 0 Å². The average molecular weight is 444 g/mol. The van der Waals surface area contributed by atoms with Crippen LogP contribution < -0.4 is 21.3 Å². The standard InChI is InChI=1S/C26H33N7/c1-17(2)8-9-18(3)29-21-10-11-33(16-21)25-23-6-4-5-7-24(23)31-26(32-25)30-22-13-19(15-27)12-20(28)14-22/h4-7,12-14,17-18,21,29H,8-11,16,28H2,1-3H3,(H,30,31,32)/t18?,21-/m0/s1. The number of anilines is 4. The van der Waals surface area contributed by atoms with Gasteiger partial charge in [0.1, 0.15) is 5.82 Å². The predicted octanol–water partition coefficient (Wildman–Crippen LogP) is 4.82. The van der Waals surface area contributed by atoms with Gasteiger partial charge in [0.15, 0.2) is 0 Å². The highest BCUT2D eigenvalue weighted by Gasteiger charge is 2.26. The number of nitriles is 1. The monoisotopic (exact) mass is 443 g/mol. The Bertz CT molecular complexity index is 1150. The molecule has 7 heteroatoms. The van der Waals surface area contributed by atoms with Crippen LogP contribution in [0.2, 0.25) is 0 Å². The van der Waals surface area contributed by atoms with Crippen molar-refractivity contribution in [1.82, 2.24) is 15.3 Å². The smallest absolute Gasteiger partial charge is 0.229 e. The highest BCUT2D eigenvalue weighted by atomic mass is 15.3. The van der Waals surface area contributed by atoms with Crippen molar-refractivity contribution in [3.05, 3.63) is 48.0 Å². The Labute approximate surface area is 196 Å². The second-order valence-electron chi connectivity index (χ2n) is 9.44. The van der Waals surface area contributed by atoms with Crippen molar-refractivity contribution in [2.75, 3.05) is 29.0 Å². The van der Waals surface area contributed by atoms with Crippen LogP contribution >= 0.6 is 0 Å². The zero-order valence-electron chi connectivity index (χ0n) is 19.7. The predicted molar refractivity (Wildman–Crippen MR) is 136 cm³/mol. The Kier molecular flexibility index (Phi) is 6.95. The van der Waals surface area contributed by atoms with E-state index >= 15 is 0 Å². The van der Waals surface area contributed by atoms with E-state index in [-0.39, 0.29) is 0 Å². The molecule has 7 nitrogen and oxygen atoms in total. The van der Waals surface area contributed by atoms with Crippen molar-refractivity contribution in [3.63, 3.8) is 0 Å². The topological polar surface area (TPSA) is 103 Å². The molecule has 4 N–H and O–H groups in total. The number of nitrogens with two attached hydrogens (primary N) is 1. The molecule has 1 aliphatic heterocycles. The zero-order valence-corrected chi connectivity index (χ0v) is 19.7. The van der Waals surface area contributed by atoms with E-state index in [2.05, 4.69) is 48.4 Å². The first-order valence-corrected chi connectivity index (χ1v) is 11.8. The van der Waals surface area contributed by atoms with Crippen LogP contribution in [0.15, 0.2) is 42.5 Å². The molecule has 0 saturated carbocycles. The summed E-state index contributed by atoms with van der Waals surface area (Å²) in [7, 11) is 0. The fourth-order valence-corrected chi connectivity index (χ4v) is 4.43. The number of hydrogen-bond acceptors (Lipinski definition) is 7. The molecular weight excluding hydrogens is 410 g/mol. The van der Waals surface area contributed by atoms with Gasteiger partial charge in [0, 0.05) is 41.9 Å². The molecule has 172 valence electrons. The maximum atomic E-state index is 9.25. The Morgan fingerprint density at radius 1 is 1.15 bits per heavy atom. The lowest BCUT2D eigenvalue weighted by atomic mass is 10.0. The molecule has 2 aromatic carbocycles.